The van der Waals surface area contributed by atoms with Gasteiger partial charge in [-0.25, -0.2) is 0 Å². The highest BCUT2D eigenvalue weighted by Gasteiger charge is 1.96. The molecular weight excluding hydrogens is 471 g/mol. The van der Waals surface area contributed by atoms with Gasteiger partial charge in [0.2, 0.25) is 0 Å². The van der Waals surface area contributed by atoms with Crippen LogP contribution in [0.2, 0.25) is 0 Å². The van der Waals surface area contributed by atoms with E-state index in [0.29, 0.717) is 0 Å². The van der Waals surface area contributed by atoms with Gasteiger partial charge in [-0.3, -0.25) is 0 Å². The van der Waals surface area contributed by atoms with Crippen molar-refractivity contribution in [2.75, 3.05) is 21.1 Å². The summed E-state index contributed by atoms with van der Waals surface area (Å²) >= 11 is 0. The maximum atomic E-state index is 2.30. The first-order valence-corrected chi connectivity index (χ1v) is 15.3. The number of unbranched alkanes of at least 4 members (excludes halogenated alkanes) is 25. The summed E-state index contributed by atoms with van der Waals surface area (Å²) in [5, 5.41) is 0. The topological polar surface area (TPSA) is 38.2 Å². The van der Waals surface area contributed by atoms with Crippen molar-refractivity contribution in [1.82, 2.24) is 11.1 Å². The summed E-state index contributed by atoms with van der Waals surface area (Å²) in [5.74, 6) is 0. The lowest BCUT2D eigenvalue weighted by Gasteiger charge is -2.04. The lowest BCUT2D eigenvalue weighted by Crippen LogP contribution is -1.99. The predicted octanol–water partition coefficient (Wildman–Crippen LogP) is 12.4. The van der Waals surface area contributed by atoms with Crippen LogP contribution in [0.5, 0.6) is 0 Å². The molecule has 220 valence electrons. The molecule has 0 radical (unpaired) electrons. The third-order valence-electron chi connectivity index (χ3n) is 6.46. The van der Waals surface area contributed by atoms with Crippen LogP contribution in [-0.2, 0) is 0 Å². The molecule has 0 bridgehead atoms. The molecule has 0 aliphatic rings. The van der Waals surface area contributed by atoms with E-state index in [2.05, 4.69) is 13.8 Å². The van der Waals surface area contributed by atoms with Crippen molar-refractivity contribution in [3.8, 4) is 0 Å². The normalized spacial score (nSPS) is 10.1. The Bertz CT molecular complexity index is 273. The zero-order valence-corrected chi connectivity index (χ0v) is 27.0. The fourth-order valence-electron chi connectivity index (χ4n) is 4.39. The number of nitrogens with zero attached hydrogens (tertiary/aromatic N) is 1. The standard InChI is InChI=1S/C28H58.C3H9N.2ClH.H3N/c1-3-5-7-9-11-13-15-17-19-21-23-25-27-28-26-24-22-20-18-16-14-12-10-8-6-4-2;1-4(2)3;;;/h3-28H2,1-2H3;1-3H3;2*1H;1H3. The summed E-state index contributed by atoms with van der Waals surface area (Å²) in [5.41, 5.74) is 0. The predicted molar refractivity (Wildman–Crippen MR) is 171 cm³/mol. The molecule has 2 nitrogen and oxygen atoms in total. The maximum Gasteiger partial charge on any atom is -0.0140 e. The number of halogens is 2. The Morgan fingerprint density at radius 2 is 0.371 bits per heavy atom. The van der Waals surface area contributed by atoms with Crippen LogP contribution in [0.25, 0.3) is 0 Å². The Kier molecular flexibility index (Phi) is 57.7. The summed E-state index contributed by atoms with van der Waals surface area (Å²) in [6, 6.07) is 0. The summed E-state index contributed by atoms with van der Waals surface area (Å²) in [6.45, 7) is 4.61. The second-order valence-electron chi connectivity index (χ2n) is 10.8. The third kappa shape index (κ3) is 56.0. The Morgan fingerprint density at radius 3 is 0.457 bits per heavy atom. The summed E-state index contributed by atoms with van der Waals surface area (Å²) in [6.07, 6.45) is 38.4. The van der Waals surface area contributed by atoms with Gasteiger partial charge in [0, 0.05) is 0 Å². The minimum absolute atomic E-state index is 0. The average molecular weight is 544 g/mol. The molecule has 0 unspecified atom stereocenters. The van der Waals surface area contributed by atoms with Crippen LogP contribution in [-0.4, -0.2) is 26.0 Å². The van der Waals surface area contributed by atoms with Crippen molar-refractivity contribution >= 4 is 24.8 Å². The van der Waals surface area contributed by atoms with Gasteiger partial charge in [0.05, 0.1) is 0 Å². The minimum Gasteiger partial charge on any atom is -0.344 e. The lowest BCUT2D eigenvalue weighted by molar-refractivity contribution is 0.505. The number of hydrogen-bond donors (Lipinski definition) is 1. The molecule has 0 spiro atoms. The number of rotatable bonds is 25. The van der Waals surface area contributed by atoms with Gasteiger partial charge in [0.15, 0.2) is 0 Å². The second kappa shape index (κ2) is 44.5. The molecule has 35 heavy (non-hydrogen) atoms. The largest absolute Gasteiger partial charge is 0.344 e. The van der Waals surface area contributed by atoms with Crippen molar-refractivity contribution in [2.24, 2.45) is 0 Å². The van der Waals surface area contributed by atoms with Crippen LogP contribution in [0.1, 0.15) is 181 Å². The molecule has 0 aliphatic carbocycles. The highest BCUT2D eigenvalue weighted by atomic mass is 35.5. The molecule has 0 atom stereocenters. The molecule has 0 fully saturated rings. The van der Waals surface area contributed by atoms with Gasteiger partial charge in [0.1, 0.15) is 0 Å². The van der Waals surface area contributed by atoms with Crippen LogP contribution in [0, 0.1) is 0 Å². The Hall–Kier alpha value is 0.500. The summed E-state index contributed by atoms with van der Waals surface area (Å²) < 4.78 is 0. The van der Waals surface area contributed by atoms with Crippen molar-refractivity contribution in [1.29, 1.82) is 0 Å². The molecule has 0 saturated heterocycles. The highest BCUT2D eigenvalue weighted by molar-refractivity contribution is 5.85. The minimum atomic E-state index is 0. The number of hydrogen-bond acceptors (Lipinski definition) is 2. The first kappa shape index (κ1) is 45.4. The molecule has 0 aromatic carbocycles. The molecular formula is C31H72Cl2N2. The molecule has 0 aromatic heterocycles. The van der Waals surface area contributed by atoms with E-state index < -0.39 is 0 Å². The first-order valence-electron chi connectivity index (χ1n) is 15.3. The molecule has 0 amide bonds. The van der Waals surface area contributed by atoms with Crippen LogP contribution in [0.4, 0.5) is 0 Å². The maximum absolute atomic E-state index is 2.30. The zero-order chi connectivity index (χ0) is 24.0. The van der Waals surface area contributed by atoms with Gasteiger partial charge in [-0.05, 0) is 21.1 Å². The summed E-state index contributed by atoms with van der Waals surface area (Å²) in [4.78, 5) is 2.00. The van der Waals surface area contributed by atoms with Gasteiger partial charge in [-0.15, -0.1) is 24.8 Å². The Balaban J connectivity index is -0.000000395. The van der Waals surface area contributed by atoms with Crippen molar-refractivity contribution in [3.63, 3.8) is 0 Å². The van der Waals surface area contributed by atoms with E-state index in [1.54, 1.807) is 0 Å². The lowest BCUT2D eigenvalue weighted by atomic mass is 10.0. The molecule has 0 saturated carbocycles. The average Bonchev–Trinajstić information content (AvgIpc) is 2.76. The first-order chi connectivity index (χ1) is 15.6. The van der Waals surface area contributed by atoms with Gasteiger partial charge in [0.25, 0.3) is 0 Å². The fraction of sp³-hybridized carbons (Fsp3) is 1.00. The van der Waals surface area contributed by atoms with E-state index in [1.807, 2.05) is 26.0 Å². The van der Waals surface area contributed by atoms with E-state index in [0.717, 1.165) is 0 Å². The summed E-state index contributed by atoms with van der Waals surface area (Å²) in [7, 11) is 6.00. The van der Waals surface area contributed by atoms with Crippen molar-refractivity contribution in [3.05, 3.63) is 0 Å². The van der Waals surface area contributed by atoms with Crippen LogP contribution in [0.15, 0.2) is 0 Å². The van der Waals surface area contributed by atoms with Crippen LogP contribution in [0.3, 0.4) is 0 Å². The van der Waals surface area contributed by atoms with Gasteiger partial charge < -0.3 is 11.1 Å². The smallest absolute Gasteiger partial charge is 0.0140 e. The van der Waals surface area contributed by atoms with Gasteiger partial charge in [-0.2, -0.15) is 0 Å². The highest BCUT2D eigenvalue weighted by Crippen LogP contribution is 2.15. The Morgan fingerprint density at radius 1 is 0.286 bits per heavy atom. The SMILES string of the molecule is CCCCCCCCCCCCCCCCCCCCCCCCCCCC.CN(C)C.Cl.Cl.N. The molecule has 3 N–H and O–H groups in total. The monoisotopic (exact) mass is 543 g/mol. The van der Waals surface area contributed by atoms with E-state index >= 15 is 0 Å². The second-order valence-corrected chi connectivity index (χ2v) is 10.8. The van der Waals surface area contributed by atoms with Crippen molar-refractivity contribution < 1.29 is 0 Å². The molecule has 0 aliphatic heterocycles. The van der Waals surface area contributed by atoms with Gasteiger partial charge >= 0.3 is 0 Å². The van der Waals surface area contributed by atoms with E-state index in [1.165, 1.54) is 167 Å². The van der Waals surface area contributed by atoms with E-state index in [-0.39, 0.29) is 31.0 Å². The zero-order valence-electron chi connectivity index (χ0n) is 25.4. The van der Waals surface area contributed by atoms with Gasteiger partial charge in [-0.1, -0.05) is 181 Å². The Labute approximate surface area is 237 Å². The van der Waals surface area contributed by atoms with Crippen molar-refractivity contribution in [2.45, 2.75) is 181 Å². The molecule has 0 heterocycles. The van der Waals surface area contributed by atoms with E-state index in [9.17, 15) is 0 Å². The molecule has 0 aromatic rings. The molecule has 0 rings (SSSR count). The molecule has 4 heteroatoms. The van der Waals surface area contributed by atoms with Crippen LogP contribution < -0.4 is 6.15 Å². The fourth-order valence-corrected chi connectivity index (χ4v) is 4.39. The quantitative estimate of drug-likeness (QED) is 0.116. The van der Waals surface area contributed by atoms with Crippen LogP contribution >= 0.6 is 24.8 Å². The van der Waals surface area contributed by atoms with E-state index in [4.69, 9.17) is 0 Å². The third-order valence-corrected chi connectivity index (χ3v) is 6.46.